The molecule has 1 aromatic rings. The van der Waals surface area contributed by atoms with E-state index in [1.165, 1.54) is 24.0 Å². The number of rotatable bonds is 5. The number of ether oxygens (including phenoxy) is 1. The molecule has 0 fully saturated rings. The summed E-state index contributed by atoms with van der Waals surface area (Å²) in [7, 11) is 0. The van der Waals surface area contributed by atoms with E-state index < -0.39 is 5.97 Å². The molecule has 1 aromatic carbocycles. The highest BCUT2D eigenvalue weighted by Gasteiger charge is 2.11. The van der Waals surface area contributed by atoms with Gasteiger partial charge in [-0.3, -0.25) is 9.59 Å². The van der Waals surface area contributed by atoms with Gasteiger partial charge in [-0.05, 0) is 49.3 Å². The summed E-state index contributed by atoms with van der Waals surface area (Å²) >= 11 is 0. The average molecular weight is 275 g/mol. The van der Waals surface area contributed by atoms with E-state index in [4.69, 9.17) is 4.74 Å². The number of nitrogens with one attached hydrogen (secondary N) is 1. The van der Waals surface area contributed by atoms with Gasteiger partial charge in [0, 0.05) is 0 Å². The Balaban J connectivity index is 1.86. The van der Waals surface area contributed by atoms with Gasteiger partial charge in [-0.25, -0.2) is 0 Å². The van der Waals surface area contributed by atoms with Gasteiger partial charge >= 0.3 is 5.97 Å². The number of aryl methyl sites for hydroxylation is 2. The van der Waals surface area contributed by atoms with E-state index in [2.05, 4.69) is 17.4 Å². The molecule has 0 heterocycles. The van der Waals surface area contributed by atoms with Crippen LogP contribution in [0.3, 0.4) is 0 Å². The Bertz CT molecular complexity index is 496. The Hall–Kier alpha value is -1.84. The van der Waals surface area contributed by atoms with E-state index >= 15 is 0 Å². The van der Waals surface area contributed by atoms with Gasteiger partial charge < -0.3 is 10.1 Å². The van der Waals surface area contributed by atoms with Crippen molar-refractivity contribution in [1.82, 2.24) is 5.32 Å². The van der Waals surface area contributed by atoms with Crippen molar-refractivity contribution in [2.45, 2.75) is 39.0 Å². The van der Waals surface area contributed by atoms with Crippen LogP contribution in [0.4, 0.5) is 0 Å². The molecular formula is C16H21NO3. The second-order valence-electron chi connectivity index (χ2n) is 5.07. The lowest BCUT2D eigenvalue weighted by Gasteiger charge is -2.16. The molecule has 0 saturated carbocycles. The lowest BCUT2D eigenvalue weighted by atomic mass is 9.90. The smallest absolute Gasteiger partial charge is 0.325 e. The van der Waals surface area contributed by atoms with Crippen LogP contribution in [0, 0.1) is 0 Å². The molecule has 0 saturated heterocycles. The van der Waals surface area contributed by atoms with Gasteiger partial charge in [0.2, 0.25) is 5.91 Å². The van der Waals surface area contributed by atoms with Gasteiger partial charge in [0.15, 0.2) is 0 Å². The number of carbonyl (C=O) groups is 2. The fraction of sp³-hybridized carbons (Fsp3) is 0.500. The quantitative estimate of drug-likeness (QED) is 0.833. The van der Waals surface area contributed by atoms with E-state index in [1.54, 1.807) is 6.92 Å². The summed E-state index contributed by atoms with van der Waals surface area (Å²) in [5, 5.41) is 2.58. The van der Waals surface area contributed by atoms with Crippen molar-refractivity contribution in [3.05, 3.63) is 34.9 Å². The first-order chi connectivity index (χ1) is 9.69. The van der Waals surface area contributed by atoms with Crippen molar-refractivity contribution in [2.24, 2.45) is 0 Å². The van der Waals surface area contributed by atoms with Gasteiger partial charge in [-0.2, -0.15) is 0 Å². The molecule has 0 unspecified atom stereocenters. The molecule has 1 aliphatic rings. The van der Waals surface area contributed by atoms with Crippen molar-refractivity contribution in [1.29, 1.82) is 0 Å². The molecule has 108 valence electrons. The number of fused-ring (bicyclic) bond motifs is 1. The molecule has 0 atom stereocenters. The van der Waals surface area contributed by atoms with Crippen molar-refractivity contribution in [3.8, 4) is 0 Å². The van der Waals surface area contributed by atoms with Crippen molar-refractivity contribution < 1.29 is 14.3 Å². The van der Waals surface area contributed by atoms with Crippen molar-refractivity contribution >= 4 is 11.9 Å². The van der Waals surface area contributed by atoms with Crippen LogP contribution >= 0.6 is 0 Å². The Morgan fingerprint density at radius 2 is 1.95 bits per heavy atom. The summed E-state index contributed by atoms with van der Waals surface area (Å²) in [6.07, 6.45) is 5.04. The standard InChI is InChI=1S/C16H21NO3/c1-2-20-16(19)11-17-15(18)10-12-7-8-13-5-3-4-6-14(13)9-12/h7-9H,2-6,10-11H2,1H3,(H,17,18). The molecule has 0 bridgehead atoms. The Kier molecular flexibility index (Phi) is 5.16. The van der Waals surface area contributed by atoms with Crippen LogP contribution in [0.2, 0.25) is 0 Å². The lowest BCUT2D eigenvalue weighted by Crippen LogP contribution is -2.31. The third-order valence-electron chi connectivity index (χ3n) is 3.51. The van der Waals surface area contributed by atoms with Gasteiger partial charge in [-0.1, -0.05) is 18.2 Å². The number of hydrogen-bond acceptors (Lipinski definition) is 3. The zero-order valence-electron chi connectivity index (χ0n) is 11.9. The highest BCUT2D eigenvalue weighted by Crippen LogP contribution is 2.22. The molecule has 0 radical (unpaired) electrons. The number of esters is 1. The topological polar surface area (TPSA) is 55.4 Å². The molecule has 4 heteroatoms. The largest absolute Gasteiger partial charge is 0.465 e. The summed E-state index contributed by atoms with van der Waals surface area (Å²) in [6, 6.07) is 6.26. The van der Waals surface area contributed by atoms with Crippen LogP contribution < -0.4 is 5.32 Å². The predicted molar refractivity (Wildman–Crippen MR) is 76.4 cm³/mol. The Morgan fingerprint density at radius 3 is 2.70 bits per heavy atom. The maximum Gasteiger partial charge on any atom is 0.325 e. The zero-order chi connectivity index (χ0) is 14.4. The molecular weight excluding hydrogens is 254 g/mol. The minimum absolute atomic E-state index is 0.0579. The highest BCUT2D eigenvalue weighted by atomic mass is 16.5. The molecule has 1 amide bonds. The normalized spacial score (nSPS) is 13.4. The van der Waals surface area contributed by atoms with E-state index in [1.807, 2.05) is 6.07 Å². The van der Waals surface area contributed by atoms with Gasteiger partial charge in [0.1, 0.15) is 6.54 Å². The van der Waals surface area contributed by atoms with Crippen LogP contribution in [0.15, 0.2) is 18.2 Å². The second kappa shape index (κ2) is 7.08. The predicted octanol–water partition coefficient (Wildman–Crippen LogP) is 1.79. The van der Waals surface area contributed by atoms with Crippen LogP contribution in [0.25, 0.3) is 0 Å². The fourth-order valence-corrected chi connectivity index (χ4v) is 2.53. The van der Waals surface area contributed by atoms with Crippen LogP contribution in [-0.2, 0) is 33.6 Å². The Morgan fingerprint density at radius 1 is 1.20 bits per heavy atom. The van der Waals surface area contributed by atoms with Crippen molar-refractivity contribution in [3.63, 3.8) is 0 Å². The SMILES string of the molecule is CCOC(=O)CNC(=O)Cc1ccc2c(c1)CCCC2. The van der Waals surface area contributed by atoms with Crippen molar-refractivity contribution in [2.75, 3.05) is 13.2 Å². The molecule has 1 aliphatic carbocycles. The van der Waals surface area contributed by atoms with E-state index in [9.17, 15) is 9.59 Å². The average Bonchev–Trinajstić information content (AvgIpc) is 2.45. The number of benzene rings is 1. The second-order valence-corrected chi connectivity index (χ2v) is 5.07. The van der Waals surface area contributed by atoms with Gasteiger partial charge in [0.05, 0.1) is 13.0 Å². The van der Waals surface area contributed by atoms with E-state index in [0.29, 0.717) is 13.0 Å². The molecule has 0 aromatic heterocycles. The van der Waals surface area contributed by atoms with Crippen LogP contribution in [0.5, 0.6) is 0 Å². The third kappa shape index (κ3) is 4.08. The lowest BCUT2D eigenvalue weighted by molar-refractivity contribution is -0.143. The van der Waals surface area contributed by atoms with Gasteiger partial charge in [0.25, 0.3) is 0 Å². The summed E-state index contributed by atoms with van der Waals surface area (Å²) in [6.45, 7) is 2.02. The molecule has 0 aliphatic heterocycles. The summed E-state index contributed by atoms with van der Waals surface area (Å²) in [5.74, 6) is -0.542. The first kappa shape index (κ1) is 14.6. The first-order valence-electron chi connectivity index (χ1n) is 7.22. The maximum absolute atomic E-state index is 11.8. The van der Waals surface area contributed by atoms with E-state index in [0.717, 1.165) is 18.4 Å². The third-order valence-corrected chi connectivity index (χ3v) is 3.51. The first-order valence-corrected chi connectivity index (χ1v) is 7.22. The highest BCUT2D eigenvalue weighted by molar-refractivity contribution is 5.83. The minimum Gasteiger partial charge on any atom is -0.465 e. The minimum atomic E-state index is -0.397. The fourth-order valence-electron chi connectivity index (χ4n) is 2.53. The molecule has 20 heavy (non-hydrogen) atoms. The monoisotopic (exact) mass is 275 g/mol. The number of hydrogen-bond donors (Lipinski definition) is 1. The van der Waals surface area contributed by atoms with Gasteiger partial charge in [-0.15, -0.1) is 0 Å². The summed E-state index contributed by atoms with van der Waals surface area (Å²) in [4.78, 5) is 22.9. The van der Waals surface area contributed by atoms with E-state index in [-0.39, 0.29) is 12.5 Å². The van der Waals surface area contributed by atoms with Crippen LogP contribution in [-0.4, -0.2) is 25.0 Å². The number of carbonyl (C=O) groups excluding carboxylic acids is 2. The van der Waals surface area contributed by atoms with Crippen LogP contribution in [0.1, 0.15) is 36.5 Å². The molecule has 2 rings (SSSR count). The molecule has 0 spiro atoms. The molecule has 4 nitrogen and oxygen atoms in total. The zero-order valence-corrected chi connectivity index (χ0v) is 11.9. The molecule has 1 N–H and O–H groups in total. The number of amides is 1. The summed E-state index contributed by atoms with van der Waals surface area (Å²) in [5.41, 5.74) is 3.78. The Labute approximate surface area is 119 Å². The maximum atomic E-state index is 11.8. The summed E-state index contributed by atoms with van der Waals surface area (Å²) < 4.78 is 4.76.